The van der Waals surface area contributed by atoms with Crippen molar-refractivity contribution in [3.05, 3.63) is 52.2 Å². The minimum absolute atomic E-state index is 0.00892. The average molecular weight is 335 g/mol. The lowest BCUT2D eigenvalue weighted by molar-refractivity contribution is 0.0917. The molecular formula is C17H22N2OS2. The van der Waals surface area contributed by atoms with Crippen molar-refractivity contribution >= 4 is 29.0 Å². The molecule has 0 aliphatic carbocycles. The standard InChI is InChI=1S/C17H22N2OS2/c1-12(15(19(2)3)13-8-6-5-7-9-13)18-17(20)16-14(21-4)10-11-22-16/h5-12,15H,1-4H3,(H,18,20)/t12-,15-/m1/s1. The molecule has 0 radical (unpaired) electrons. The predicted molar refractivity (Wildman–Crippen MR) is 95.9 cm³/mol. The second-order valence-corrected chi connectivity index (χ2v) is 7.16. The van der Waals surface area contributed by atoms with Crippen LogP contribution >= 0.6 is 23.1 Å². The Morgan fingerprint density at radius 1 is 1.23 bits per heavy atom. The molecule has 1 N–H and O–H groups in total. The summed E-state index contributed by atoms with van der Waals surface area (Å²) in [6.07, 6.45) is 1.99. The van der Waals surface area contributed by atoms with Crippen molar-refractivity contribution in [1.82, 2.24) is 10.2 Å². The highest BCUT2D eigenvalue weighted by Crippen LogP contribution is 2.27. The zero-order valence-corrected chi connectivity index (χ0v) is 15.0. The van der Waals surface area contributed by atoms with E-state index >= 15 is 0 Å². The molecule has 1 amide bonds. The highest BCUT2D eigenvalue weighted by Gasteiger charge is 2.24. The van der Waals surface area contributed by atoms with Gasteiger partial charge >= 0.3 is 0 Å². The molecule has 2 atom stereocenters. The third-order valence-electron chi connectivity index (χ3n) is 3.59. The minimum Gasteiger partial charge on any atom is -0.347 e. The van der Waals surface area contributed by atoms with Gasteiger partial charge < -0.3 is 10.2 Å². The third-order valence-corrected chi connectivity index (χ3v) is 5.41. The Balaban J connectivity index is 2.15. The second-order valence-electron chi connectivity index (χ2n) is 5.40. The number of thiophene rings is 1. The topological polar surface area (TPSA) is 32.3 Å². The Bertz CT molecular complexity index is 610. The molecule has 0 unspecified atom stereocenters. The van der Waals surface area contributed by atoms with E-state index in [9.17, 15) is 4.79 Å². The lowest BCUT2D eigenvalue weighted by Gasteiger charge is -2.31. The van der Waals surface area contributed by atoms with Gasteiger partial charge in [-0.1, -0.05) is 30.3 Å². The molecule has 0 spiro atoms. The van der Waals surface area contributed by atoms with Crippen molar-refractivity contribution in [3.63, 3.8) is 0 Å². The number of carbonyl (C=O) groups excluding carboxylic acids is 1. The molecule has 1 heterocycles. The molecule has 0 bridgehead atoms. The first-order valence-corrected chi connectivity index (χ1v) is 9.28. The van der Waals surface area contributed by atoms with Crippen LogP contribution in [0.5, 0.6) is 0 Å². The first-order valence-electron chi connectivity index (χ1n) is 7.18. The number of amides is 1. The van der Waals surface area contributed by atoms with Crippen LogP contribution in [-0.4, -0.2) is 37.2 Å². The van der Waals surface area contributed by atoms with Gasteiger partial charge in [0.15, 0.2) is 0 Å². The van der Waals surface area contributed by atoms with E-state index in [1.54, 1.807) is 11.8 Å². The SMILES string of the molecule is CSc1ccsc1C(=O)N[C@H](C)[C@H](c1ccccc1)N(C)C. The Labute approximate surface area is 140 Å². The van der Waals surface area contributed by atoms with Crippen molar-refractivity contribution in [2.45, 2.75) is 23.9 Å². The normalized spacial score (nSPS) is 13.9. The van der Waals surface area contributed by atoms with Crippen molar-refractivity contribution in [2.75, 3.05) is 20.4 Å². The molecule has 0 aliphatic rings. The van der Waals surface area contributed by atoms with Crippen LogP contribution in [0.3, 0.4) is 0 Å². The van der Waals surface area contributed by atoms with Crippen LogP contribution < -0.4 is 5.32 Å². The number of hydrogen-bond donors (Lipinski definition) is 1. The van der Waals surface area contributed by atoms with E-state index in [2.05, 4.69) is 29.3 Å². The lowest BCUT2D eigenvalue weighted by atomic mass is 9.99. The summed E-state index contributed by atoms with van der Waals surface area (Å²) in [5.41, 5.74) is 1.21. The number of hydrogen-bond acceptors (Lipinski definition) is 4. The summed E-state index contributed by atoms with van der Waals surface area (Å²) in [6, 6.07) is 12.4. The summed E-state index contributed by atoms with van der Waals surface area (Å²) in [5, 5.41) is 5.12. The Morgan fingerprint density at radius 3 is 2.50 bits per heavy atom. The van der Waals surface area contributed by atoms with Crippen molar-refractivity contribution in [1.29, 1.82) is 0 Å². The van der Waals surface area contributed by atoms with Crippen molar-refractivity contribution in [2.24, 2.45) is 0 Å². The van der Waals surface area contributed by atoms with Gasteiger partial charge in [0.25, 0.3) is 5.91 Å². The first-order chi connectivity index (χ1) is 10.5. The van der Waals surface area contributed by atoms with Crippen LogP contribution in [0.25, 0.3) is 0 Å². The van der Waals surface area contributed by atoms with E-state index in [0.717, 1.165) is 9.77 Å². The van der Waals surface area contributed by atoms with Gasteiger partial charge in [-0.05, 0) is 44.3 Å². The zero-order valence-electron chi connectivity index (χ0n) is 13.4. The molecule has 2 aromatic rings. The van der Waals surface area contributed by atoms with E-state index in [4.69, 9.17) is 0 Å². The summed E-state index contributed by atoms with van der Waals surface area (Å²) in [5.74, 6) is 0.00892. The van der Waals surface area contributed by atoms with E-state index in [0.29, 0.717) is 0 Å². The largest absolute Gasteiger partial charge is 0.347 e. The Kier molecular flexibility index (Phi) is 6.06. The monoisotopic (exact) mass is 334 g/mol. The molecule has 118 valence electrons. The van der Waals surface area contributed by atoms with Gasteiger partial charge in [0, 0.05) is 10.9 Å². The molecule has 0 fully saturated rings. The number of carbonyl (C=O) groups is 1. The molecule has 22 heavy (non-hydrogen) atoms. The predicted octanol–water partition coefficient (Wildman–Crippen LogP) is 3.89. The summed E-state index contributed by atoms with van der Waals surface area (Å²) in [7, 11) is 4.08. The molecule has 1 aromatic carbocycles. The maximum absolute atomic E-state index is 12.5. The minimum atomic E-state index is 0.00892. The van der Waals surface area contributed by atoms with E-state index in [-0.39, 0.29) is 18.0 Å². The van der Waals surface area contributed by atoms with Crippen LogP contribution in [0.4, 0.5) is 0 Å². The summed E-state index contributed by atoms with van der Waals surface area (Å²) in [4.78, 5) is 16.5. The van der Waals surface area contributed by atoms with E-state index in [1.165, 1.54) is 16.9 Å². The number of nitrogens with zero attached hydrogens (tertiary/aromatic N) is 1. The van der Waals surface area contributed by atoms with Crippen molar-refractivity contribution < 1.29 is 4.79 Å². The van der Waals surface area contributed by atoms with Crippen molar-refractivity contribution in [3.8, 4) is 0 Å². The molecule has 1 aromatic heterocycles. The molecule has 5 heteroatoms. The summed E-state index contributed by atoms with van der Waals surface area (Å²) in [6.45, 7) is 2.06. The second kappa shape index (κ2) is 7.81. The molecule has 0 aliphatic heterocycles. The molecule has 0 saturated carbocycles. The molecular weight excluding hydrogens is 312 g/mol. The number of thioether (sulfide) groups is 1. The Hall–Kier alpha value is -1.30. The van der Waals surface area contributed by atoms with Gasteiger partial charge in [0.2, 0.25) is 0 Å². The number of benzene rings is 1. The maximum Gasteiger partial charge on any atom is 0.262 e. The fourth-order valence-corrected chi connectivity index (χ4v) is 4.31. The maximum atomic E-state index is 12.5. The third kappa shape index (κ3) is 3.91. The van der Waals surface area contributed by atoms with Gasteiger partial charge in [-0.2, -0.15) is 0 Å². The van der Waals surface area contributed by atoms with Gasteiger partial charge in [-0.25, -0.2) is 0 Å². The fraction of sp³-hybridized carbons (Fsp3) is 0.353. The Morgan fingerprint density at radius 2 is 1.91 bits per heavy atom. The van der Waals surface area contributed by atoms with E-state index in [1.807, 2.05) is 50.0 Å². The molecule has 3 nitrogen and oxygen atoms in total. The summed E-state index contributed by atoms with van der Waals surface area (Å²) >= 11 is 3.10. The lowest BCUT2D eigenvalue weighted by Crippen LogP contribution is -2.42. The van der Waals surface area contributed by atoms with Crippen LogP contribution in [0, 0.1) is 0 Å². The van der Waals surface area contributed by atoms with Gasteiger partial charge in [-0.3, -0.25) is 4.79 Å². The molecule has 0 saturated heterocycles. The highest BCUT2D eigenvalue weighted by atomic mass is 32.2. The number of likely N-dealkylation sites (N-methyl/N-ethyl adjacent to an activating group) is 1. The first kappa shape index (κ1) is 17.1. The number of nitrogens with one attached hydrogen (secondary N) is 1. The average Bonchev–Trinajstić information content (AvgIpc) is 2.96. The summed E-state index contributed by atoms with van der Waals surface area (Å²) < 4.78 is 0. The highest BCUT2D eigenvalue weighted by molar-refractivity contribution is 7.98. The van der Waals surface area contributed by atoms with Crippen LogP contribution in [0.15, 0.2) is 46.7 Å². The smallest absolute Gasteiger partial charge is 0.262 e. The van der Waals surface area contributed by atoms with Crippen LogP contribution in [0.2, 0.25) is 0 Å². The fourth-order valence-electron chi connectivity index (χ4n) is 2.66. The van der Waals surface area contributed by atoms with Gasteiger partial charge in [0.05, 0.1) is 6.04 Å². The quantitative estimate of drug-likeness (QED) is 0.814. The van der Waals surface area contributed by atoms with E-state index < -0.39 is 0 Å². The number of rotatable bonds is 6. The van der Waals surface area contributed by atoms with Gasteiger partial charge in [-0.15, -0.1) is 23.1 Å². The molecule has 2 rings (SSSR count). The van der Waals surface area contributed by atoms with Crippen LogP contribution in [-0.2, 0) is 0 Å². The van der Waals surface area contributed by atoms with Gasteiger partial charge in [0.1, 0.15) is 4.88 Å². The zero-order chi connectivity index (χ0) is 16.1. The van der Waals surface area contributed by atoms with Crippen LogP contribution in [0.1, 0.15) is 28.2 Å².